The molecule has 1 heterocycles. The van der Waals surface area contributed by atoms with E-state index in [2.05, 4.69) is 203 Å². The Balaban J connectivity index is 1.03. The Morgan fingerprint density at radius 1 is 0.358 bits per heavy atom. The summed E-state index contributed by atoms with van der Waals surface area (Å²) in [5.74, 6) is 0. The molecule has 0 aliphatic carbocycles. The van der Waals surface area contributed by atoms with E-state index in [1.165, 1.54) is 43.8 Å². The fourth-order valence-electron chi connectivity index (χ4n) is 7.76. The summed E-state index contributed by atoms with van der Waals surface area (Å²) in [5.41, 5.74) is 12.1. The van der Waals surface area contributed by atoms with Crippen molar-refractivity contribution in [1.29, 1.82) is 0 Å². The first-order valence-electron chi connectivity index (χ1n) is 17.9. The highest BCUT2D eigenvalue weighted by Gasteiger charge is 2.18. The molecule has 0 radical (unpaired) electrons. The summed E-state index contributed by atoms with van der Waals surface area (Å²) in [6.07, 6.45) is 0. The zero-order valence-electron chi connectivity index (χ0n) is 28.7. The van der Waals surface area contributed by atoms with Gasteiger partial charge in [-0.15, -0.1) is 0 Å². The Morgan fingerprint density at radius 3 is 1.62 bits per heavy atom. The lowest BCUT2D eigenvalue weighted by Crippen LogP contribution is -2.10. The summed E-state index contributed by atoms with van der Waals surface area (Å²) in [6, 6.07) is 69.4. The molecule has 3 heteroatoms. The molecule has 2 nitrogen and oxygen atoms in total. The van der Waals surface area contributed by atoms with Crippen LogP contribution in [-0.4, -0.2) is 0 Å². The molecule has 53 heavy (non-hydrogen) atoms. The van der Waals surface area contributed by atoms with Crippen LogP contribution in [0.2, 0.25) is 0 Å². The third-order valence-corrected chi connectivity index (χ3v) is 11.1. The highest BCUT2D eigenvalue weighted by Crippen LogP contribution is 2.43. The SMILES string of the molecule is Brc1ccc(N(c2ccc(-c3ccc(-c4cccc5ccccc45)cc3)cc2)c2ccc(-c3cccc4c3oc3ccccc34)cc2)c2ccccc12. The lowest BCUT2D eigenvalue weighted by molar-refractivity contribution is 0.670. The van der Waals surface area contributed by atoms with E-state index in [9.17, 15) is 0 Å². The molecular formula is C50H32BrNO. The lowest BCUT2D eigenvalue weighted by Gasteiger charge is -2.27. The zero-order chi connectivity index (χ0) is 35.3. The van der Waals surface area contributed by atoms with Crippen molar-refractivity contribution in [2.24, 2.45) is 0 Å². The van der Waals surface area contributed by atoms with Gasteiger partial charge in [0.25, 0.3) is 0 Å². The Labute approximate surface area is 316 Å². The van der Waals surface area contributed by atoms with Crippen LogP contribution in [0.15, 0.2) is 203 Å². The van der Waals surface area contributed by atoms with Crippen molar-refractivity contribution in [3.8, 4) is 33.4 Å². The molecule has 10 aromatic rings. The summed E-state index contributed by atoms with van der Waals surface area (Å²) < 4.78 is 7.47. The van der Waals surface area contributed by atoms with Gasteiger partial charge in [0.05, 0.1) is 5.69 Å². The topological polar surface area (TPSA) is 16.4 Å². The van der Waals surface area contributed by atoms with Crippen molar-refractivity contribution >= 4 is 76.5 Å². The smallest absolute Gasteiger partial charge is 0.143 e. The van der Waals surface area contributed by atoms with E-state index in [-0.39, 0.29) is 0 Å². The van der Waals surface area contributed by atoms with Crippen LogP contribution in [0.1, 0.15) is 0 Å². The first kappa shape index (κ1) is 31.3. The molecule has 1 aromatic heterocycles. The second-order valence-corrected chi connectivity index (χ2v) is 14.3. The highest BCUT2D eigenvalue weighted by molar-refractivity contribution is 9.10. The summed E-state index contributed by atoms with van der Waals surface area (Å²) in [6.45, 7) is 0. The van der Waals surface area contributed by atoms with Gasteiger partial charge in [-0.3, -0.25) is 0 Å². The fourth-order valence-corrected chi connectivity index (χ4v) is 8.23. The van der Waals surface area contributed by atoms with E-state index in [1.54, 1.807) is 0 Å². The molecule has 0 aliphatic heterocycles. The normalized spacial score (nSPS) is 11.5. The van der Waals surface area contributed by atoms with Gasteiger partial charge in [0, 0.05) is 37.6 Å². The first-order valence-corrected chi connectivity index (χ1v) is 18.7. The quantitative estimate of drug-likeness (QED) is 0.169. The van der Waals surface area contributed by atoms with Crippen molar-refractivity contribution in [2.75, 3.05) is 4.90 Å². The van der Waals surface area contributed by atoms with Crippen molar-refractivity contribution in [2.45, 2.75) is 0 Å². The monoisotopic (exact) mass is 741 g/mol. The maximum absolute atomic E-state index is 6.39. The van der Waals surface area contributed by atoms with Crippen LogP contribution in [0.4, 0.5) is 17.1 Å². The van der Waals surface area contributed by atoms with E-state index in [0.29, 0.717) is 0 Å². The average molecular weight is 743 g/mol. The largest absolute Gasteiger partial charge is 0.455 e. The number of halogens is 1. The Kier molecular flexibility index (Phi) is 7.66. The first-order chi connectivity index (χ1) is 26.2. The second kappa shape index (κ2) is 13.0. The maximum Gasteiger partial charge on any atom is 0.143 e. The number of nitrogens with zero attached hydrogens (tertiary/aromatic N) is 1. The van der Waals surface area contributed by atoms with Crippen LogP contribution in [0, 0.1) is 0 Å². The van der Waals surface area contributed by atoms with Crippen molar-refractivity contribution in [1.82, 2.24) is 0 Å². The van der Waals surface area contributed by atoms with Crippen LogP contribution < -0.4 is 4.90 Å². The molecule has 0 spiro atoms. The third kappa shape index (κ3) is 5.49. The van der Waals surface area contributed by atoms with E-state index in [1.807, 2.05) is 12.1 Å². The molecule has 0 atom stereocenters. The molecule has 0 unspecified atom stereocenters. The van der Waals surface area contributed by atoms with E-state index in [4.69, 9.17) is 4.42 Å². The number of hydrogen-bond acceptors (Lipinski definition) is 2. The molecule has 250 valence electrons. The van der Waals surface area contributed by atoms with Gasteiger partial charge < -0.3 is 9.32 Å². The van der Waals surface area contributed by atoms with Crippen LogP contribution >= 0.6 is 15.9 Å². The number of anilines is 3. The van der Waals surface area contributed by atoms with Gasteiger partial charge in [0.2, 0.25) is 0 Å². The van der Waals surface area contributed by atoms with E-state index < -0.39 is 0 Å². The van der Waals surface area contributed by atoms with Crippen molar-refractivity contribution in [3.63, 3.8) is 0 Å². The van der Waals surface area contributed by atoms with E-state index >= 15 is 0 Å². The van der Waals surface area contributed by atoms with E-state index in [0.717, 1.165) is 54.6 Å². The summed E-state index contributed by atoms with van der Waals surface area (Å²) in [7, 11) is 0. The number of hydrogen-bond donors (Lipinski definition) is 0. The van der Waals surface area contributed by atoms with Gasteiger partial charge in [0.15, 0.2) is 0 Å². The maximum atomic E-state index is 6.39. The predicted octanol–water partition coefficient (Wildman–Crippen LogP) is 15.1. The van der Waals surface area contributed by atoms with Crippen LogP contribution in [0.3, 0.4) is 0 Å². The second-order valence-electron chi connectivity index (χ2n) is 13.4. The number of rotatable bonds is 6. The van der Waals surface area contributed by atoms with Crippen LogP contribution in [-0.2, 0) is 0 Å². The summed E-state index contributed by atoms with van der Waals surface area (Å²) in [5, 5.41) is 7.14. The lowest BCUT2D eigenvalue weighted by atomic mass is 9.96. The molecule has 0 saturated heterocycles. The van der Waals surface area contributed by atoms with Gasteiger partial charge in [-0.25, -0.2) is 0 Å². The number of fused-ring (bicyclic) bond motifs is 5. The molecule has 9 aromatic carbocycles. The van der Waals surface area contributed by atoms with Gasteiger partial charge in [-0.1, -0.05) is 168 Å². The van der Waals surface area contributed by atoms with Crippen molar-refractivity contribution < 1.29 is 4.42 Å². The van der Waals surface area contributed by atoms with Crippen LogP contribution in [0.5, 0.6) is 0 Å². The molecule has 0 bridgehead atoms. The Hall–Kier alpha value is -6.42. The fraction of sp³-hybridized carbons (Fsp3) is 0. The molecule has 10 rings (SSSR count). The molecule has 0 fully saturated rings. The third-order valence-electron chi connectivity index (χ3n) is 10.4. The number of furan rings is 1. The summed E-state index contributed by atoms with van der Waals surface area (Å²) in [4.78, 5) is 2.35. The molecule has 0 saturated carbocycles. The van der Waals surface area contributed by atoms with Gasteiger partial charge in [-0.2, -0.15) is 0 Å². The molecular weight excluding hydrogens is 710 g/mol. The van der Waals surface area contributed by atoms with Gasteiger partial charge in [0.1, 0.15) is 11.2 Å². The van der Waals surface area contributed by atoms with Gasteiger partial charge in [-0.05, 0) is 86.4 Å². The highest BCUT2D eigenvalue weighted by atomic mass is 79.9. The van der Waals surface area contributed by atoms with Crippen LogP contribution in [0.25, 0.3) is 76.9 Å². The minimum absolute atomic E-state index is 0.907. The Bertz CT molecular complexity index is 2940. The predicted molar refractivity (Wildman–Crippen MR) is 227 cm³/mol. The molecule has 0 amide bonds. The molecule has 0 N–H and O–H groups in total. The Morgan fingerprint density at radius 2 is 0.868 bits per heavy atom. The standard InChI is InChI=1S/C50H32BrNO/c51-47-31-32-48(44-13-4-3-12-43(44)47)52(39-29-25-37(26-30-39)42-16-8-17-46-45-14-5-6-18-49(45)53-50(42)46)38-27-23-34(24-28-38)33-19-21-36(22-20-33)41-15-7-10-35-9-1-2-11-40(35)41/h1-32H. The molecule has 0 aliphatic rings. The average Bonchev–Trinajstić information content (AvgIpc) is 3.61. The van der Waals surface area contributed by atoms with Crippen molar-refractivity contribution in [3.05, 3.63) is 199 Å². The number of benzene rings is 9. The summed E-state index contributed by atoms with van der Waals surface area (Å²) >= 11 is 3.80. The van der Waals surface area contributed by atoms with Gasteiger partial charge >= 0.3 is 0 Å². The minimum Gasteiger partial charge on any atom is -0.455 e. The number of para-hydroxylation sites is 2. The zero-order valence-corrected chi connectivity index (χ0v) is 30.3. The minimum atomic E-state index is 0.907.